The molecule has 1 aliphatic heterocycles. The van der Waals surface area contributed by atoms with Crippen molar-refractivity contribution in [2.75, 3.05) is 23.7 Å². The lowest BCUT2D eigenvalue weighted by Crippen LogP contribution is -2.28. The maximum absolute atomic E-state index is 2.44. The van der Waals surface area contributed by atoms with Crippen molar-refractivity contribution in [3.8, 4) is 0 Å². The average molecular weight is 179 g/mol. The fourth-order valence-corrected chi connectivity index (χ4v) is 2.61. The van der Waals surface area contributed by atoms with Crippen LogP contribution in [0.25, 0.3) is 0 Å². The van der Waals surface area contributed by atoms with Gasteiger partial charge in [-0.15, -0.1) is 11.8 Å². The second-order valence-corrected chi connectivity index (χ2v) is 4.03. The van der Waals surface area contributed by atoms with Crippen molar-refractivity contribution in [1.29, 1.82) is 0 Å². The fourth-order valence-electron chi connectivity index (χ4n) is 1.56. The molecule has 2 rings (SSSR count). The van der Waals surface area contributed by atoms with E-state index in [0.717, 1.165) is 6.54 Å². The van der Waals surface area contributed by atoms with E-state index in [9.17, 15) is 0 Å². The van der Waals surface area contributed by atoms with Gasteiger partial charge in [0.1, 0.15) is 0 Å². The predicted molar refractivity (Wildman–Crippen MR) is 55.1 cm³/mol. The van der Waals surface area contributed by atoms with E-state index in [1.807, 2.05) is 11.8 Å². The molecule has 1 heterocycles. The van der Waals surface area contributed by atoms with Crippen LogP contribution in [0.15, 0.2) is 29.2 Å². The van der Waals surface area contributed by atoms with Gasteiger partial charge in [-0.3, -0.25) is 0 Å². The number of fused-ring (bicyclic) bond motifs is 1. The Morgan fingerprint density at radius 3 is 3.08 bits per heavy atom. The molecule has 0 unspecified atom stereocenters. The normalized spacial score (nSPS) is 15.9. The van der Waals surface area contributed by atoms with Crippen LogP contribution in [0.1, 0.15) is 6.92 Å². The van der Waals surface area contributed by atoms with Crippen LogP contribution >= 0.6 is 11.8 Å². The molecule has 1 nitrogen and oxygen atoms in total. The summed E-state index contributed by atoms with van der Waals surface area (Å²) in [6.45, 7) is 4.53. The van der Waals surface area contributed by atoms with Crippen LogP contribution < -0.4 is 4.90 Å². The number of hydrogen-bond donors (Lipinski definition) is 0. The molecule has 0 aliphatic carbocycles. The molecule has 1 aromatic rings. The molecule has 0 radical (unpaired) electrons. The highest BCUT2D eigenvalue weighted by Crippen LogP contribution is 2.33. The summed E-state index contributed by atoms with van der Waals surface area (Å²) in [6, 6.07) is 8.66. The Morgan fingerprint density at radius 2 is 2.25 bits per heavy atom. The first-order valence-corrected chi connectivity index (χ1v) is 5.37. The number of anilines is 1. The highest BCUT2D eigenvalue weighted by Gasteiger charge is 2.13. The van der Waals surface area contributed by atoms with Gasteiger partial charge in [0.2, 0.25) is 0 Å². The van der Waals surface area contributed by atoms with Gasteiger partial charge in [-0.05, 0) is 19.1 Å². The summed E-state index contributed by atoms with van der Waals surface area (Å²) in [7, 11) is 0. The summed E-state index contributed by atoms with van der Waals surface area (Å²) in [5.74, 6) is 1.23. The smallest absolute Gasteiger partial charge is 0.0504 e. The molecule has 1 aliphatic rings. The van der Waals surface area contributed by atoms with E-state index < -0.39 is 0 Å². The number of thioether (sulfide) groups is 1. The van der Waals surface area contributed by atoms with Crippen molar-refractivity contribution < 1.29 is 0 Å². The quantitative estimate of drug-likeness (QED) is 0.652. The molecule has 0 amide bonds. The van der Waals surface area contributed by atoms with E-state index in [1.165, 1.54) is 22.9 Å². The first-order chi connectivity index (χ1) is 5.92. The van der Waals surface area contributed by atoms with Gasteiger partial charge in [0.05, 0.1) is 5.69 Å². The van der Waals surface area contributed by atoms with Crippen molar-refractivity contribution in [3.63, 3.8) is 0 Å². The van der Waals surface area contributed by atoms with Gasteiger partial charge < -0.3 is 4.90 Å². The Labute approximate surface area is 77.8 Å². The lowest BCUT2D eigenvalue weighted by atomic mass is 10.3. The minimum atomic E-state index is 1.12. The lowest BCUT2D eigenvalue weighted by Gasteiger charge is -2.29. The Morgan fingerprint density at radius 1 is 1.42 bits per heavy atom. The highest BCUT2D eigenvalue weighted by molar-refractivity contribution is 7.99. The summed E-state index contributed by atoms with van der Waals surface area (Å²) in [6.07, 6.45) is 0. The average Bonchev–Trinajstić information content (AvgIpc) is 2.17. The first-order valence-electron chi connectivity index (χ1n) is 4.38. The van der Waals surface area contributed by atoms with E-state index in [1.54, 1.807) is 0 Å². The largest absolute Gasteiger partial charge is 0.370 e. The van der Waals surface area contributed by atoms with Crippen LogP contribution in [-0.2, 0) is 0 Å². The van der Waals surface area contributed by atoms with Crippen molar-refractivity contribution in [2.45, 2.75) is 11.8 Å². The number of nitrogens with zero attached hydrogens (tertiary/aromatic N) is 1. The summed E-state index contributed by atoms with van der Waals surface area (Å²) >= 11 is 1.97. The zero-order valence-electron chi connectivity index (χ0n) is 7.29. The van der Waals surface area contributed by atoms with Crippen LogP contribution in [0.4, 0.5) is 5.69 Å². The topological polar surface area (TPSA) is 3.24 Å². The molecule has 1 aromatic carbocycles. The molecule has 2 heteroatoms. The Hall–Kier alpha value is -0.630. The van der Waals surface area contributed by atoms with Crippen molar-refractivity contribution in [1.82, 2.24) is 0 Å². The Balaban J connectivity index is 2.37. The number of rotatable bonds is 1. The van der Waals surface area contributed by atoms with Gasteiger partial charge in [-0.2, -0.15) is 0 Å². The van der Waals surface area contributed by atoms with Crippen molar-refractivity contribution in [3.05, 3.63) is 24.3 Å². The first kappa shape index (κ1) is 7.99. The van der Waals surface area contributed by atoms with Crippen LogP contribution in [0.2, 0.25) is 0 Å². The van der Waals surface area contributed by atoms with E-state index in [4.69, 9.17) is 0 Å². The molecular formula is C10H13NS. The second kappa shape index (κ2) is 3.40. The fraction of sp³-hybridized carbons (Fsp3) is 0.400. The number of hydrogen-bond acceptors (Lipinski definition) is 2. The molecule has 64 valence electrons. The van der Waals surface area contributed by atoms with Gasteiger partial charge in [0, 0.05) is 23.7 Å². The van der Waals surface area contributed by atoms with Gasteiger partial charge >= 0.3 is 0 Å². The Bertz CT molecular complexity index is 272. The molecule has 0 saturated heterocycles. The molecule has 0 bridgehead atoms. The number of benzene rings is 1. The third-order valence-electron chi connectivity index (χ3n) is 2.21. The van der Waals surface area contributed by atoms with Crippen LogP contribution in [0.3, 0.4) is 0 Å². The molecule has 0 aromatic heterocycles. The summed E-state index contributed by atoms with van der Waals surface area (Å²) in [5, 5.41) is 0. The minimum Gasteiger partial charge on any atom is -0.370 e. The molecule has 0 saturated carbocycles. The van der Waals surface area contributed by atoms with E-state index in [2.05, 4.69) is 36.1 Å². The van der Waals surface area contributed by atoms with Crippen LogP contribution in [0, 0.1) is 0 Å². The van der Waals surface area contributed by atoms with Crippen molar-refractivity contribution >= 4 is 17.4 Å². The molecular weight excluding hydrogens is 166 g/mol. The molecule has 12 heavy (non-hydrogen) atoms. The zero-order valence-corrected chi connectivity index (χ0v) is 8.10. The second-order valence-electron chi connectivity index (χ2n) is 2.90. The third kappa shape index (κ3) is 1.31. The standard InChI is InChI=1S/C10H13NS/c1-2-11-7-8-12-10-6-4-3-5-9(10)11/h3-6H,2,7-8H2,1H3. The van der Waals surface area contributed by atoms with Crippen molar-refractivity contribution in [2.24, 2.45) is 0 Å². The predicted octanol–water partition coefficient (Wildman–Crippen LogP) is 2.62. The van der Waals surface area contributed by atoms with Gasteiger partial charge in [-0.25, -0.2) is 0 Å². The van der Waals surface area contributed by atoms with Gasteiger partial charge in [0.25, 0.3) is 0 Å². The van der Waals surface area contributed by atoms with E-state index >= 15 is 0 Å². The molecule has 0 fully saturated rings. The monoisotopic (exact) mass is 179 g/mol. The summed E-state index contributed by atoms with van der Waals surface area (Å²) in [5.41, 5.74) is 1.41. The highest BCUT2D eigenvalue weighted by atomic mass is 32.2. The van der Waals surface area contributed by atoms with E-state index in [0.29, 0.717) is 0 Å². The van der Waals surface area contributed by atoms with Crippen LogP contribution in [0.5, 0.6) is 0 Å². The lowest BCUT2D eigenvalue weighted by molar-refractivity contribution is 0.850. The molecule has 0 N–H and O–H groups in total. The van der Waals surface area contributed by atoms with Crippen LogP contribution in [-0.4, -0.2) is 18.8 Å². The molecule has 0 spiro atoms. The zero-order chi connectivity index (χ0) is 8.39. The van der Waals surface area contributed by atoms with E-state index in [-0.39, 0.29) is 0 Å². The third-order valence-corrected chi connectivity index (χ3v) is 3.25. The Kier molecular flexibility index (Phi) is 2.26. The maximum Gasteiger partial charge on any atom is 0.0504 e. The SMILES string of the molecule is CCN1CCSc2ccccc21. The maximum atomic E-state index is 2.44. The summed E-state index contributed by atoms with van der Waals surface area (Å²) < 4.78 is 0. The number of para-hydroxylation sites is 1. The molecule has 0 atom stereocenters. The summed E-state index contributed by atoms with van der Waals surface area (Å²) in [4.78, 5) is 3.87. The minimum absolute atomic E-state index is 1.12. The van der Waals surface area contributed by atoms with Gasteiger partial charge in [0.15, 0.2) is 0 Å². The van der Waals surface area contributed by atoms with Gasteiger partial charge in [-0.1, -0.05) is 12.1 Å².